The number of fused-ring (bicyclic) bond motifs is 1. The highest BCUT2D eigenvalue weighted by molar-refractivity contribution is 5.93. The number of benzene rings is 1. The van der Waals surface area contributed by atoms with Crippen LogP contribution in [0.5, 0.6) is 0 Å². The van der Waals surface area contributed by atoms with Gasteiger partial charge >= 0.3 is 12.1 Å². The molecule has 0 saturated carbocycles. The average molecular weight is 415 g/mol. The molecule has 1 fully saturated rings. The van der Waals surface area contributed by atoms with Gasteiger partial charge in [0.2, 0.25) is 0 Å². The van der Waals surface area contributed by atoms with E-state index in [0.29, 0.717) is 30.8 Å². The van der Waals surface area contributed by atoms with Crippen molar-refractivity contribution in [2.45, 2.75) is 46.5 Å². The number of rotatable bonds is 3. The van der Waals surface area contributed by atoms with Crippen molar-refractivity contribution < 1.29 is 23.8 Å². The lowest BCUT2D eigenvalue weighted by atomic mass is 9.84. The maximum atomic E-state index is 15.1. The summed E-state index contributed by atoms with van der Waals surface area (Å²) in [6.07, 6.45) is -2.13. The number of halogens is 2. The first-order valence-corrected chi connectivity index (χ1v) is 9.25. The molecule has 2 unspecified atom stereocenters. The lowest BCUT2D eigenvalue weighted by molar-refractivity contribution is 0.0140. The predicted octanol–water partition coefficient (Wildman–Crippen LogP) is 3.81. The summed E-state index contributed by atoms with van der Waals surface area (Å²) in [7, 11) is 0. The molecule has 1 aromatic carbocycles. The number of piperazine rings is 1. The van der Waals surface area contributed by atoms with Gasteiger partial charge in [0, 0.05) is 31.7 Å². The van der Waals surface area contributed by atoms with Crippen LogP contribution in [0.3, 0.4) is 0 Å². The first-order chi connectivity index (χ1) is 12.6. The molecule has 1 saturated heterocycles. The van der Waals surface area contributed by atoms with Crippen LogP contribution >= 0.6 is 12.4 Å². The van der Waals surface area contributed by atoms with E-state index >= 15 is 4.39 Å². The Morgan fingerprint density at radius 2 is 2.04 bits per heavy atom. The zero-order valence-electron chi connectivity index (χ0n) is 16.7. The van der Waals surface area contributed by atoms with Crippen molar-refractivity contribution in [3.8, 4) is 0 Å². The van der Waals surface area contributed by atoms with Crippen molar-refractivity contribution >= 4 is 24.5 Å². The quantitative estimate of drug-likeness (QED) is 0.761. The van der Waals surface area contributed by atoms with Gasteiger partial charge in [-0.2, -0.15) is 0 Å². The topological polar surface area (TPSA) is 70.1 Å². The zero-order valence-corrected chi connectivity index (χ0v) is 17.5. The smallest absolute Gasteiger partial charge is 0.407 e. The van der Waals surface area contributed by atoms with E-state index in [1.807, 2.05) is 32.6 Å². The van der Waals surface area contributed by atoms with Crippen LogP contribution in [0.2, 0.25) is 0 Å². The van der Waals surface area contributed by atoms with Crippen molar-refractivity contribution in [3.63, 3.8) is 0 Å². The Bertz CT molecular complexity index is 765. The van der Waals surface area contributed by atoms with Crippen LogP contribution in [0.1, 0.15) is 54.0 Å². The van der Waals surface area contributed by atoms with Gasteiger partial charge in [0.25, 0.3) is 0 Å². The molecule has 0 aromatic heterocycles. The van der Waals surface area contributed by atoms with Gasteiger partial charge in [0.05, 0.1) is 11.6 Å². The van der Waals surface area contributed by atoms with Gasteiger partial charge in [-0.1, -0.05) is 26.8 Å². The van der Waals surface area contributed by atoms with Gasteiger partial charge in [-0.15, -0.1) is 12.4 Å². The number of hydrogen-bond donors (Lipinski definition) is 1. The monoisotopic (exact) mass is 414 g/mol. The Kier molecular flexibility index (Phi) is 6.61. The van der Waals surface area contributed by atoms with Crippen molar-refractivity contribution in [1.82, 2.24) is 9.80 Å². The number of cyclic esters (lactones) is 1. The molecule has 2 heterocycles. The SMILES string of the molecule is Cc1c(C(F)CN2CCN(C(=O)O)C(C(C)(C)C)C2)ccc2c1COC2=O.Cl. The second-order valence-corrected chi connectivity index (χ2v) is 8.47. The second-order valence-electron chi connectivity index (χ2n) is 8.47. The Morgan fingerprint density at radius 3 is 2.64 bits per heavy atom. The van der Waals surface area contributed by atoms with E-state index in [2.05, 4.69) is 0 Å². The summed E-state index contributed by atoms with van der Waals surface area (Å²) in [5, 5.41) is 9.46. The van der Waals surface area contributed by atoms with E-state index in [-0.39, 0.29) is 43.0 Å². The number of nitrogens with zero attached hydrogens (tertiary/aromatic N) is 2. The van der Waals surface area contributed by atoms with Crippen molar-refractivity contribution in [3.05, 3.63) is 34.4 Å². The van der Waals surface area contributed by atoms with E-state index in [4.69, 9.17) is 4.74 Å². The number of amides is 1. The molecule has 28 heavy (non-hydrogen) atoms. The van der Waals surface area contributed by atoms with Crippen molar-refractivity contribution in [1.29, 1.82) is 0 Å². The van der Waals surface area contributed by atoms with E-state index in [1.54, 1.807) is 12.1 Å². The highest BCUT2D eigenvalue weighted by Crippen LogP contribution is 2.33. The van der Waals surface area contributed by atoms with Crippen LogP contribution in [-0.2, 0) is 11.3 Å². The fourth-order valence-electron chi connectivity index (χ4n) is 4.01. The maximum absolute atomic E-state index is 15.1. The summed E-state index contributed by atoms with van der Waals surface area (Å²) < 4.78 is 20.2. The number of esters is 1. The third-order valence-corrected chi connectivity index (χ3v) is 5.67. The molecular weight excluding hydrogens is 387 g/mol. The van der Waals surface area contributed by atoms with Gasteiger partial charge in [0.1, 0.15) is 12.8 Å². The van der Waals surface area contributed by atoms with Gasteiger partial charge in [0.15, 0.2) is 0 Å². The first-order valence-electron chi connectivity index (χ1n) is 9.25. The summed E-state index contributed by atoms with van der Waals surface area (Å²) in [6, 6.07) is 3.11. The van der Waals surface area contributed by atoms with Gasteiger partial charge in [-0.3, -0.25) is 4.90 Å². The second kappa shape index (κ2) is 8.25. The molecule has 2 aliphatic rings. The lowest BCUT2D eigenvalue weighted by Crippen LogP contribution is -2.59. The van der Waals surface area contributed by atoms with Crippen LogP contribution < -0.4 is 0 Å². The highest BCUT2D eigenvalue weighted by Gasteiger charge is 2.38. The van der Waals surface area contributed by atoms with Crippen LogP contribution in [0.25, 0.3) is 0 Å². The lowest BCUT2D eigenvalue weighted by Gasteiger charge is -2.46. The van der Waals surface area contributed by atoms with Gasteiger partial charge < -0.3 is 14.7 Å². The predicted molar refractivity (Wildman–Crippen MR) is 106 cm³/mol. The summed E-state index contributed by atoms with van der Waals surface area (Å²) in [5.74, 6) is -0.354. The number of carbonyl (C=O) groups is 2. The molecule has 1 N–H and O–H groups in total. The van der Waals surface area contributed by atoms with Crippen molar-refractivity contribution in [2.75, 3.05) is 26.2 Å². The molecule has 2 atom stereocenters. The van der Waals surface area contributed by atoms with E-state index in [0.717, 1.165) is 11.1 Å². The molecule has 6 nitrogen and oxygen atoms in total. The fourth-order valence-corrected chi connectivity index (χ4v) is 4.01. The van der Waals surface area contributed by atoms with Gasteiger partial charge in [-0.05, 0) is 29.5 Å². The summed E-state index contributed by atoms with van der Waals surface area (Å²) in [4.78, 5) is 26.7. The zero-order chi connectivity index (χ0) is 19.9. The molecule has 3 rings (SSSR count). The summed E-state index contributed by atoms with van der Waals surface area (Å²) in [5.41, 5.74) is 2.39. The normalized spacial score (nSPS) is 21.0. The Hall–Kier alpha value is -1.86. The van der Waals surface area contributed by atoms with Crippen LogP contribution in [0.4, 0.5) is 9.18 Å². The number of hydrogen-bond acceptors (Lipinski definition) is 4. The molecule has 1 amide bonds. The minimum absolute atomic E-state index is 0. The average Bonchev–Trinajstić information content (AvgIpc) is 2.96. The minimum atomic E-state index is -1.21. The molecule has 0 aliphatic carbocycles. The molecule has 0 radical (unpaired) electrons. The van der Waals surface area contributed by atoms with Crippen LogP contribution in [0.15, 0.2) is 12.1 Å². The van der Waals surface area contributed by atoms with Gasteiger partial charge in [-0.25, -0.2) is 14.0 Å². The molecule has 0 bridgehead atoms. The van der Waals surface area contributed by atoms with E-state index in [9.17, 15) is 14.7 Å². The minimum Gasteiger partial charge on any atom is -0.465 e. The highest BCUT2D eigenvalue weighted by atomic mass is 35.5. The standard InChI is InChI=1S/C20H27FN2O4.ClH/c1-12-13(5-6-14-15(12)11-27-18(14)24)16(21)9-22-7-8-23(19(25)26)17(10-22)20(2,3)4;/h5-6,16-17H,7-11H2,1-4H3,(H,25,26);1H. The number of alkyl halides is 1. The number of ether oxygens (including phenoxy) is 1. The van der Waals surface area contributed by atoms with E-state index < -0.39 is 12.3 Å². The third kappa shape index (κ3) is 4.25. The number of carboxylic acid groups (broad SMARTS) is 1. The van der Waals surface area contributed by atoms with Crippen molar-refractivity contribution in [2.24, 2.45) is 5.41 Å². The van der Waals surface area contributed by atoms with Crippen LogP contribution in [-0.4, -0.2) is 59.2 Å². The first kappa shape index (κ1) is 22.4. The Morgan fingerprint density at radius 1 is 1.36 bits per heavy atom. The molecular formula is C20H28ClFN2O4. The molecule has 156 valence electrons. The fraction of sp³-hybridized carbons (Fsp3) is 0.600. The molecule has 0 spiro atoms. The third-order valence-electron chi connectivity index (χ3n) is 5.67. The van der Waals surface area contributed by atoms with Crippen LogP contribution in [0, 0.1) is 12.3 Å². The largest absolute Gasteiger partial charge is 0.465 e. The molecule has 1 aromatic rings. The summed E-state index contributed by atoms with van der Waals surface area (Å²) >= 11 is 0. The number of carbonyl (C=O) groups excluding carboxylic acids is 1. The Balaban J connectivity index is 0.00000280. The van der Waals surface area contributed by atoms with E-state index in [1.165, 1.54) is 4.90 Å². The maximum Gasteiger partial charge on any atom is 0.407 e. The molecule has 8 heteroatoms. The molecule has 2 aliphatic heterocycles. The Labute approximate surface area is 171 Å². The summed E-state index contributed by atoms with van der Waals surface area (Å²) in [6.45, 7) is 9.62.